The minimum absolute atomic E-state index is 0.851. The Balaban J connectivity index is 2.57. The van der Waals surface area contributed by atoms with Gasteiger partial charge in [0.05, 0.1) is 0 Å². The summed E-state index contributed by atoms with van der Waals surface area (Å²) in [6, 6.07) is 5.72. The first kappa shape index (κ1) is 8.02. The molecule has 0 aromatic carbocycles. The molecule has 0 radical (unpaired) electrons. The Morgan fingerprint density at radius 3 is 2.50 bits per heavy atom. The minimum atomic E-state index is -0.851. The van der Waals surface area contributed by atoms with Gasteiger partial charge in [-0.2, -0.15) is 0 Å². The van der Waals surface area contributed by atoms with Crippen molar-refractivity contribution >= 4 is 19.4 Å². The molecular formula is C8H14SSi. The van der Waals surface area contributed by atoms with E-state index in [1.807, 2.05) is 11.3 Å². The number of hydrogen-bond acceptors (Lipinski definition) is 1. The molecule has 1 heterocycles. The Kier molecular flexibility index (Phi) is 2.31. The largest absolute Gasteiger partial charge is 0.149 e. The highest BCUT2D eigenvalue weighted by Gasteiger charge is 2.13. The van der Waals surface area contributed by atoms with Crippen LogP contribution in [0.25, 0.3) is 0 Å². The zero-order chi connectivity index (χ0) is 7.61. The minimum Gasteiger partial charge on any atom is -0.149 e. The van der Waals surface area contributed by atoms with Gasteiger partial charge in [-0.05, 0) is 17.5 Å². The summed E-state index contributed by atoms with van der Waals surface area (Å²) in [7, 11) is -0.851. The number of hydrogen-bond donors (Lipinski definition) is 0. The van der Waals surface area contributed by atoms with Crippen molar-refractivity contribution in [1.82, 2.24) is 0 Å². The van der Waals surface area contributed by atoms with Crippen LogP contribution in [0.2, 0.25) is 19.6 Å². The third-order valence-electron chi connectivity index (χ3n) is 1.28. The van der Waals surface area contributed by atoms with Crippen LogP contribution in [0.3, 0.4) is 0 Å². The Morgan fingerprint density at radius 1 is 1.40 bits per heavy atom. The fraction of sp³-hybridized carbons (Fsp3) is 0.500. The van der Waals surface area contributed by atoms with Crippen molar-refractivity contribution in [1.29, 1.82) is 0 Å². The molecule has 0 nitrogen and oxygen atoms in total. The van der Waals surface area contributed by atoms with Crippen LogP contribution in [0.1, 0.15) is 4.88 Å². The van der Waals surface area contributed by atoms with E-state index in [2.05, 4.69) is 37.2 Å². The lowest BCUT2D eigenvalue weighted by molar-refractivity contribution is 1.38. The highest BCUT2D eigenvalue weighted by molar-refractivity contribution is 7.10. The van der Waals surface area contributed by atoms with Gasteiger partial charge in [0.25, 0.3) is 0 Å². The van der Waals surface area contributed by atoms with Crippen molar-refractivity contribution in [2.45, 2.75) is 25.7 Å². The van der Waals surface area contributed by atoms with E-state index in [1.165, 1.54) is 6.04 Å². The average molecular weight is 170 g/mol. The number of rotatable bonds is 2. The zero-order valence-electron chi connectivity index (χ0n) is 6.85. The molecule has 0 aliphatic rings. The fourth-order valence-electron chi connectivity index (χ4n) is 0.936. The van der Waals surface area contributed by atoms with Gasteiger partial charge >= 0.3 is 0 Å². The molecule has 0 bridgehead atoms. The topological polar surface area (TPSA) is 0 Å². The number of thiophene rings is 1. The molecule has 0 spiro atoms. The molecule has 56 valence electrons. The van der Waals surface area contributed by atoms with Gasteiger partial charge in [-0.25, -0.2) is 0 Å². The van der Waals surface area contributed by atoms with Crippen molar-refractivity contribution in [3.05, 3.63) is 22.4 Å². The molecule has 1 aromatic rings. The Labute approximate surface area is 67.9 Å². The normalized spacial score (nSPS) is 11.9. The van der Waals surface area contributed by atoms with Gasteiger partial charge in [-0.1, -0.05) is 25.7 Å². The first-order chi connectivity index (χ1) is 4.58. The summed E-state index contributed by atoms with van der Waals surface area (Å²) in [4.78, 5) is 1.55. The van der Waals surface area contributed by atoms with Gasteiger partial charge in [0, 0.05) is 13.0 Å². The van der Waals surface area contributed by atoms with E-state index in [1.54, 1.807) is 4.88 Å². The van der Waals surface area contributed by atoms with Crippen LogP contribution in [0.5, 0.6) is 0 Å². The van der Waals surface area contributed by atoms with Crippen LogP contribution < -0.4 is 0 Å². The molecule has 0 saturated carbocycles. The summed E-state index contributed by atoms with van der Waals surface area (Å²) in [6.07, 6.45) is 0. The molecule has 2 heteroatoms. The second-order valence-electron chi connectivity index (χ2n) is 3.82. The first-order valence-electron chi connectivity index (χ1n) is 3.60. The first-order valence-corrected chi connectivity index (χ1v) is 8.19. The molecule has 0 N–H and O–H groups in total. The van der Waals surface area contributed by atoms with Gasteiger partial charge in [0.1, 0.15) is 0 Å². The van der Waals surface area contributed by atoms with Crippen LogP contribution in [0.15, 0.2) is 17.5 Å². The predicted octanol–water partition coefficient (Wildman–Crippen LogP) is 3.17. The van der Waals surface area contributed by atoms with Gasteiger partial charge in [-0.3, -0.25) is 0 Å². The van der Waals surface area contributed by atoms with E-state index in [0.717, 1.165) is 0 Å². The van der Waals surface area contributed by atoms with Crippen molar-refractivity contribution in [2.24, 2.45) is 0 Å². The van der Waals surface area contributed by atoms with E-state index >= 15 is 0 Å². The molecule has 1 aromatic heterocycles. The highest BCUT2D eigenvalue weighted by atomic mass is 32.1. The van der Waals surface area contributed by atoms with E-state index in [0.29, 0.717) is 0 Å². The Morgan fingerprint density at radius 2 is 2.10 bits per heavy atom. The van der Waals surface area contributed by atoms with Gasteiger partial charge in [-0.15, -0.1) is 11.3 Å². The molecular weight excluding hydrogens is 156 g/mol. The second-order valence-corrected chi connectivity index (χ2v) is 10.3. The Hall–Kier alpha value is -0.0831. The molecule has 0 unspecified atom stereocenters. The van der Waals surface area contributed by atoms with Crippen LogP contribution in [-0.2, 0) is 6.04 Å². The van der Waals surface area contributed by atoms with Crippen LogP contribution in [-0.4, -0.2) is 8.07 Å². The van der Waals surface area contributed by atoms with Gasteiger partial charge < -0.3 is 0 Å². The maximum absolute atomic E-state index is 2.41. The van der Waals surface area contributed by atoms with Crippen LogP contribution >= 0.6 is 11.3 Å². The van der Waals surface area contributed by atoms with E-state index in [4.69, 9.17) is 0 Å². The molecule has 0 atom stereocenters. The SMILES string of the molecule is C[Si](C)(C)Cc1cccs1. The average Bonchev–Trinajstić information content (AvgIpc) is 2.12. The lowest BCUT2D eigenvalue weighted by Crippen LogP contribution is -2.23. The maximum atomic E-state index is 2.41. The fourth-order valence-corrected chi connectivity index (χ4v) is 4.22. The van der Waals surface area contributed by atoms with E-state index in [9.17, 15) is 0 Å². The quantitative estimate of drug-likeness (QED) is 0.598. The third kappa shape index (κ3) is 2.67. The van der Waals surface area contributed by atoms with Crippen LogP contribution in [0, 0.1) is 0 Å². The van der Waals surface area contributed by atoms with Crippen molar-refractivity contribution < 1.29 is 0 Å². The molecule has 0 saturated heterocycles. The monoisotopic (exact) mass is 170 g/mol. The standard InChI is InChI=1S/C8H14SSi/c1-10(2,3)7-8-5-4-6-9-8/h4-6H,7H2,1-3H3. The molecule has 0 aliphatic heterocycles. The summed E-state index contributed by atoms with van der Waals surface area (Å²) < 4.78 is 0. The zero-order valence-corrected chi connectivity index (χ0v) is 8.66. The van der Waals surface area contributed by atoms with Crippen molar-refractivity contribution in [3.63, 3.8) is 0 Å². The summed E-state index contributed by atoms with van der Waals surface area (Å²) in [5.41, 5.74) is 0. The van der Waals surface area contributed by atoms with Gasteiger partial charge in [0.15, 0.2) is 0 Å². The van der Waals surface area contributed by atoms with Gasteiger partial charge in [0.2, 0.25) is 0 Å². The summed E-state index contributed by atoms with van der Waals surface area (Å²) in [5, 5.41) is 2.16. The van der Waals surface area contributed by atoms with Crippen LogP contribution in [0.4, 0.5) is 0 Å². The highest BCUT2D eigenvalue weighted by Crippen LogP contribution is 2.15. The Bertz CT molecular complexity index is 184. The van der Waals surface area contributed by atoms with E-state index < -0.39 is 8.07 Å². The maximum Gasteiger partial charge on any atom is 0.0497 e. The lowest BCUT2D eigenvalue weighted by atomic mass is 10.5. The summed E-state index contributed by atoms with van der Waals surface area (Å²) in [6.45, 7) is 7.23. The lowest BCUT2D eigenvalue weighted by Gasteiger charge is -2.13. The molecule has 10 heavy (non-hydrogen) atoms. The smallest absolute Gasteiger partial charge is 0.0497 e. The summed E-state index contributed by atoms with van der Waals surface area (Å²) in [5.74, 6) is 0. The molecule has 0 fully saturated rings. The third-order valence-corrected chi connectivity index (χ3v) is 3.86. The molecule has 1 rings (SSSR count). The second kappa shape index (κ2) is 2.89. The molecule has 0 aliphatic carbocycles. The van der Waals surface area contributed by atoms with Crippen molar-refractivity contribution in [3.8, 4) is 0 Å². The summed E-state index contributed by atoms with van der Waals surface area (Å²) >= 11 is 1.88. The van der Waals surface area contributed by atoms with Crippen molar-refractivity contribution in [2.75, 3.05) is 0 Å². The predicted molar refractivity (Wildman–Crippen MR) is 51.4 cm³/mol. The molecule has 0 amide bonds. The van der Waals surface area contributed by atoms with E-state index in [-0.39, 0.29) is 0 Å².